The molecule has 0 heterocycles. The standard InChI is InChI=1S/C27H42NO2.C4H9ClO.ClH/c1-26(2,3)22-27(4,5)24-13-15-25(16-14-24)30-20-19-29-18-17-28(6,7)21-23-11-9-8-10-12-23;1-2-3-4(5)6;/h8-16H,17-22H2,1-7H3;4,6H,2-3H2,1H3;1H/q+1;;/p-1. The first-order valence-electron chi connectivity index (χ1n) is 13.2. The van der Waals surface area contributed by atoms with Gasteiger partial charge in [0.2, 0.25) is 0 Å². The minimum absolute atomic E-state index is 0. The Morgan fingerprint density at radius 3 is 1.97 bits per heavy atom. The summed E-state index contributed by atoms with van der Waals surface area (Å²) in [5, 5.41) is 8.32. The molecule has 4 nitrogen and oxygen atoms in total. The summed E-state index contributed by atoms with van der Waals surface area (Å²) in [7, 11) is 4.49. The average Bonchev–Trinajstić information content (AvgIpc) is 2.75. The molecule has 0 fully saturated rings. The van der Waals surface area contributed by atoms with E-state index in [1.54, 1.807) is 0 Å². The van der Waals surface area contributed by atoms with Gasteiger partial charge in [0, 0.05) is 5.56 Å². The van der Waals surface area contributed by atoms with Crippen LogP contribution in [-0.2, 0) is 16.7 Å². The van der Waals surface area contributed by atoms with Crippen molar-refractivity contribution in [1.82, 2.24) is 0 Å². The summed E-state index contributed by atoms with van der Waals surface area (Å²) in [6, 6.07) is 19.2. The third-order valence-corrected chi connectivity index (χ3v) is 6.14. The van der Waals surface area contributed by atoms with E-state index >= 15 is 0 Å². The maximum atomic E-state index is 8.32. The molecule has 0 saturated heterocycles. The molecule has 0 aliphatic carbocycles. The van der Waals surface area contributed by atoms with E-state index in [-0.39, 0.29) is 17.8 Å². The predicted octanol–water partition coefficient (Wildman–Crippen LogP) is 4.42. The highest BCUT2D eigenvalue weighted by molar-refractivity contribution is 6.19. The molecule has 0 saturated carbocycles. The van der Waals surface area contributed by atoms with Crippen LogP contribution in [0.1, 0.15) is 71.9 Å². The Labute approximate surface area is 238 Å². The zero-order valence-corrected chi connectivity index (χ0v) is 25.9. The molecule has 0 aliphatic heterocycles. The van der Waals surface area contributed by atoms with Crippen molar-refractivity contribution in [3.63, 3.8) is 0 Å². The van der Waals surface area contributed by atoms with E-state index in [9.17, 15) is 0 Å². The van der Waals surface area contributed by atoms with Crippen LogP contribution in [0.2, 0.25) is 0 Å². The number of rotatable bonds is 13. The predicted molar refractivity (Wildman–Crippen MR) is 154 cm³/mol. The minimum atomic E-state index is -0.630. The minimum Gasteiger partial charge on any atom is -1.00 e. The fourth-order valence-corrected chi connectivity index (χ4v) is 4.68. The summed E-state index contributed by atoms with van der Waals surface area (Å²) in [6.45, 7) is 17.4. The van der Waals surface area contributed by atoms with Gasteiger partial charge in [-0.3, -0.25) is 0 Å². The number of aliphatic hydroxyl groups is 1. The fraction of sp³-hybridized carbons (Fsp3) is 0.613. The van der Waals surface area contributed by atoms with Crippen LogP contribution < -0.4 is 17.1 Å². The average molecular weight is 557 g/mol. The molecular formula is C31H51Cl2NO3. The van der Waals surface area contributed by atoms with Gasteiger partial charge in [-0.05, 0) is 41.4 Å². The molecule has 212 valence electrons. The smallest absolute Gasteiger partial charge is 0.128 e. The van der Waals surface area contributed by atoms with Crippen molar-refractivity contribution in [3.8, 4) is 5.75 Å². The fourth-order valence-electron chi connectivity index (χ4n) is 4.46. The number of alkyl halides is 1. The van der Waals surface area contributed by atoms with Crippen LogP contribution in [0.5, 0.6) is 5.75 Å². The van der Waals surface area contributed by atoms with Gasteiger partial charge in [0.1, 0.15) is 31.0 Å². The quantitative estimate of drug-likeness (QED) is 0.226. The number of halogens is 2. The van der Waals surface area contributed by atoms with Gasteiger partial charge < -0.3 is 31.5 Å². The molecule has 6 heteroatoms. The van der Waals surface area contributed by atoms with E-state index < -0.39 is 5.56 Å². The Kier molecular flexibility index (Phi) is 16.7. The Hall–Kier alpha value is -1.30. The van der Waals surface area contributed by atoms with Crippen LogP contribution in [0.4, 0.5) is 0 Å². The van der Waals surface area contributed by atoms with Gasteiger partial charge in [-0.25, -0.2) is 0 Å². The zero-order chi connectivity index (χ0) is 27.2. The van der Waals surface area contributed by atoms with E-state index in [1.165, 1.54) is 11.1 Å². The third-order valence-electron chi connectivity index (χ3n) is 5.93. The van der Waals surface area contributed by atoms with Gasteiger partial charge in [0.05, 0.1) is 27.3 Å². The number of benzene rings is 2. The number of likely N-dealkylation sites (N-methyl/N-ethyl adjacent to an activating group) is 1. The first kappa shape index (κ1) is 35.7. The largest absolute Gasteiger partial charge is 1.00 e. The molecule has 0 spiro atoms. The monoisotopic (exact) mass is 555 g/mol. The van der Waals surface area contributed by atoms with E-state index in [0.29, 0.717) is 25.0 Å². The normalized spacial score (nSPS) is 12.7. The van der Waals surface area contributed by atoms with E-state index in [1.807, 2.05) is 6.92 Å². The van der Waals surface area contributed by atoms with Gasteiger partial charge in [-0.1, -0.05) is 102 Å². The van der Waals surface area contributed by atoms with Crippen LogP contribution in [0.25, 0.3) is 0 Å². The first-order chi connectivity index (χ1) is 16.7. The summed E-state index contributed by atoms with van der Waals surface area (Å²) in [5.74, 6) is 0.911. The van der Waals surface area contributed by atoms with Crippen LogP contribution in [-0.4, -0.2) is 55.6 Å². The lowest BCUT2D eigenvalue weighted by molar-refractivity contribution is -0.904. The second kappa shape index (κ2) is 17.3. The molecule has 1 unspecified atom stereocenters. The summed E-state index contributed by atoms with van der Waals surface area (Å²) in [6.07, 6.45) is 2.79. The summed E-state index contributed by atoms with van der Waals surface area (Å²) >= 11 is 5.13. The van der Waals surface area contributed by atoms with Crippen molar-refractivity contribution < 1.29 is 31.5 Å². The Balaban J connectivity index is 0.00000165. The highest BCUT2D eigenvalue weighted by Gasteiger charge is 2.27. The molecule has 0 aliphatic rings. The Morgan fingerprint density at radius 2 is 1.49 bits per heavy atom. The topological polar surface area (TPSA) is 38.7 Å². The lowest BCUT2D eigenvalue weighted by atomic mass is 9.72. The van der Waals surface area contributed by atoms with Crippen molar-refractivity contribution in [1.29, 1.82) is 0 Å². The van der Waals surface area contributed by atoms with Crippen LogP contribution in [0.15, 0.2) is 54.6 Å². The first-order valence-corrected chi connectivity index (χ1v) is 13.7. The second-order valence-corrected chi connectivity index (χ2v) is 12.6. The highest BCUT2D eigenvalue weighted by atomic mass is 35.5. The number of hydrogen-bond acceptors (Lipinski definition) is 3. The molecule has 2 rings (SSSR count). The lowest BCUT2D eigenvalue weighted by Gasteiger charge is -2.33. The number of nitrogens with zero attached hydrogens (tertiary/aromatic N) is 1. The van der Waals surface area contributed by atoms with Crippen molar-refractivity contribution in [3.05, 3.63) is 65.7 Å². The number of quaternary nitrogens is 1. The maximum Gasteiger partial charge on any atom is 0.128 e. The van der Waals surface area contributed by atoms with Crippen molar-refractivity contribution in [2.45, 2.75) is 78.3 Å². The molecule has 2 aromatic rings. The molecule has 37 heavy (non-hydrogen) atoms. The summed E-state index contributed by atoms with van der Waals surface area (Å²) in [4.78, 5) is 0. The molecule has 1 atom stereocenters. The molecule has 1 N–H and O–H groups in total. The molecule has 0 radical (unpaired) electrons. The van der Waals surface area contributed by atoms with Crippen LogP contribution in [0, 0.1) is 5.41 Å². The van der Waals surface area contributed by atoms with Gasteiger partial charge in [0.15, 0.2) is 0 Å². The maximum absolute atomic E-state index is 8.32. The van der Waals surface area contributed by atoms with Gasteiger partial charge in [0.25, 0.3) is 0 Å². The van der Waals surface area contributed by atoms with Crippen LogP contribution >= 0.6 is 11.6 Å². The molecule has 2 aromatic carbocycles. The molecule has 0 amide bonds. The lowest BCUT2D eigenvalue weighted by Crippen LogP contribution is -3.00. The van der Waals surface area contributed by atoms with E-state index in [4.69, 9.17) is 26.2 Å². The zero-order valence-electron chi connectivity index (χ0n) is 24.4. The molecular weight excluding hydrogens is 505 g/mol. The number of hydrogen-bond donors (Lipinski definition) is 1. The number of aliphatic hydroxyl groups excluding tert-OH is 1. The molecule has 0 aromatic heterocycles. The second-order valence-electron chi connectivity index (χ2n) is 12.1. The third kappa shape index (κ3) is 17.0. The van der Waals surface area contributed by atoms with Crippen LogP contribution in [0.3, 0.4) is 0 Å². The SMILES string of the molecule is CC(C)(C)CC(C)(C)c1ccc(OCCOCC[N+](C)(C)Cc2ccccc2)cc1.CCCC(O)Cl.[Cl-]. The van der Waals surface area contributed by atoms with Gasteiger partial charge in [-0.15, -0.1) is 0 Å². The highest BCUT2D eigenvalue weighted by Crippen LogP contribution is 2.36. The summed E-state index contributed by atoms with van der Waals surface area (Å²) in [5.41, 5.74) is 2.56. The van der Waals surface area contributed by atoms with Crippen molar-refractivity contribution in [2.24, 2.45) is 5.41 Å². The van der Waals surface area contributed by atoms with Gasteiger partial charge in [-0.2, -0.15) is 0 Å². The van der Waals surface area contributed by atoms with Crippen molar-refractivity contribution >= 4 is 11.6 Å². The summed E-state index contributed by atoms with van der Waals surface area (Å²) < 4.78 is 12.6. The van der Waals surface area contributed by atoms with Gasteiger partial charge >= 0.3 is 0 Å². The Bertz CT molecular complexity index is 832. The van der Waals surface area contributed by atoms with Crippen molar-refractivity contribution in [2.75, 3.05) is 40.5 Å². The van der Waals surface area contributed by atoms with E-state index in [2.05, 4.69) is 103 Å². The number of ether oxygens (including phenoxy) is 2. The molecule has 0 bridgehead atoms. The Morgan fingerprint density at radius 1 is 0.892 bits per heavy atom. The van der Waals surface area contributed by atoms with E-state index in [0.717, 1.165) is 42.8 Å².